The highest BCUT2D eigenvalue weighted by Crippen LogP contribution is 2.15. The number of nitrogens with zero attached hydrogens (tertiary/aromatic N) is 1. The van der Waals surface area contributed by atoms with Gasteiger partial charge in [-0.1, -0.05) is 18.5 Å². The zero-order valence-electron chi connectivity index (χ0n) is 6.42. The number of halogens is 1. The average Bonchev–Trinajstić information content (AvgIpc) is 2.03. The number of hydrogen-bond acceptors (Lipinski definition) is 2. The van der Waals surface area contributed by atoms with Gasteiger partial charge in [-0.05, 0) is 18.1 Å². The molecular formula is C8H11ClN2. The highest BCUT2D eigenvalue weighted by molar-refractivity contribution is 6.30. The van der Waals surface area contributed by atoms with Gasteiger partial charge in [-0.3, -0.25) is 4.98 Å². The van der Waals surface area contributed by atoms with Gasteiger partial charge >= 0.3 is 0 Å². The lowest BCUT2D eigenvalue weighted by Crippen LogP contribution is -2.08. The molecule has 1 aromatic heterocycles. The Labute approximate surface area is 71.4 Å². The van der Waals surface area contributed by atoms with Gasteiger partial charge in [0, 0.05) is 18.4 Å². The van der Waals surface area contributed by atoms with Crippen LogP contribution < -0.4 is 5.73 Å². The molecular weight excluding hydrogens is 160 g/mol. The van der Waals surface area contributed by atoms with Crippen LogP contribution in [0.4, 0.5) is 0 Å². The first kappa shape index (κ1) is 8.50. The summed E-state index contributed by atoms with van der Waals surface area (Å²) in [5.74, 6) is 0. The van der Waals surface area contributed by atoms with Gasteiger partial charge in [0.05, 0.1) is 5.02 Å². The highest BCUT2D eigenvalue weighted by Gasteiger charge is 2.02. The zero-order chi connectivity index (χ0) is 8.27. The summed E-state index contributed by atoms with van der Waals surface area (Å²) in [6.45, 7) is 2.03. The van der Waals surface area contributed by atoms with Gasteiger partial charge < -0.3 is 5.73 Å². The largest absolute Gasteiger partial charge is 0.324 e. The van der Waals surface area contributed by atoms with Crippen molar-refractivity contribution in [1.29, 1.82) is 0 Å². The van der Waals surface area contributed by atoms with E-state index in [1.807, 2.05) is 13.0 Å². The fraction of sp³-hybridized carbons (Fsp3) is 0.375. The maximum atomic E-state index is 5.76. The molecule has 3 heteroatoms. The summed E-state index contributed by atoms with van der Waals surface area (Å²) in [5, 5.41) is 0.645. The Morgan fingerprint density at radius 1 is 1.64 bits per heavy atom. The molecule has 1 rings (SSSR count). The fourth-order valence-electron chi connectivity index (χ4n) is 0.867. The Morgan fingerprint density at radius 2 is 2.36 bits per heavy atom. The van der Waals surface area contributed by atoms with Crippen LogP contribution in [0.3, 0.4) is 0 Å². The fourth-order valence-corrected chi connectivity index (χ4v) is 1.05. The molecule has 1 heterocycles. The molecule has 0 aromatic carbocycles. The van der Waals surface area contributed by atoms with Gasteiger partial charge in [-0.2, -0.15) is 0 Å². The third kappa shape index (κ3) is 2.17. The molecule has 2 nitrogen and oxygen atoms in total. The SMILES string of the molecule is CC[C@H](N)c1cncc(Cl)c1. The molecule has 0 radical (unpaired) electrons. The molecule has 0 aliphatic rings. The Balaban J connectivity index is 2.86. The molecule has 0 amide bonds. The normalized spacial score (nSPS) is 13.0. The van der Waals surface area contributed by atoms with Crippen LogP contribution >= 0.6 is 11.6 Å². The third-order valence-corrected chi connectivity index (χ3v) is 1.80. The maximum Gasteiger partial charge on any atom is 0.0592 e. The van der Waals surface area contributed by atoms with E-state index < -0.39 is 0 Å². The monoisotopic (exact) mass is 170 g/mol. The first-order valence-corrected chi connectivity index (χ1v) is 3.98. The van der Waals surface area contributed by atoms with Gasteiger partial charge in [0.15, 0.2) is 0 Å². The summed E-state index contributed by atoms with van der Waals surface area (Å²) in [7, 11) is 0. The second kappa shape index (κ2) is 3.69. The number of rotatable bonds is 2. The molecule has 0 aliphatic heterocycles. The van der Waals surface area contributed by atoms with E-state index in [0.29, 0.717) is 5.02 Å². The Morgan fingerprint density at radius 3 is 2.91 bits per heavy atom. The second-order valence-corrected chi connectivity index (χ2v) is 2.89. The van der Waals surface area contributed by atoms with Crippen LogP contribution in [0.2, 0.25) is 5.02 Å². The van der Waals surface area contributed by atoms with E-state index in [-0.39, 0.29) is 6.04 Å². The van der Waals surface area contributed by atoms with Gasteiger partial charge in [0.25, 0.3) is 0 Å². The van der Waals surface area contributed by atoms with Gasteiger partial charge in [-0.15, -0.1) is 0 Å². The average molecular weight is 171 g/mol. The quantitative estimate of drug-likeness (QED) is 0.739. The number of aromatic nitrogens is 1. The number of pyridine rings is 1. The predicted octanol–water partition coefficient (Wildman–Crippen LogP) is 2.14. The third-order valence-electron chi connectivity index (χ3n) is 1.59. The van der Waals surface area contributed by atoms with Crippen LogP contribution in [0.15, 0.2) is 18.5 Å². The lowest BCUT2D eigenvalue weighted by atomic mass is 10.1. The highest BCUT2D eigenvalue weighted by atomic mass is 35.5. The predicted molar refractivity (Wildman–Crippen MR) is 46.5 cm³/mol. The lowest BCUT2D eigenvalue weighted by Gasteiger charge is -2.07. The Hall–Kier alpha value is -0.600. The molecule has 0 unspecified atom stereocenters. The molecule has 2 N–H and O–H groups in total. The molecule has 0 saturated heterocycles. The minimum absolute atomic E-state index is 0.0567. The summed E-state index contributed by atoms with van der Waals surface area (Å²) < 4.78 is 0. The van der Waals surface area contributed by atoms with Gasteiger partial charge in [-0.25, -0.2) is 0 Å². The van der Waals surface area contributed by atoms with E-state index in [2.05, 4.69) is 4.98 Å². The van der Waals surface area contributed by atoms with Crippen LogP contribution in [-0.4, -0.2) is 4.98 Å². The lowest BCUT2D eigenvalue weighted by molar-refractivity contribution is 0.695. The topological polar surface area (TPSA) is 38.9 Å². The van der Waals surface area contributed by atoms with E-state index in [0.717, 1.165) is 12.0 Å². The summed E-state index contributed by atoms with van der Waals surface area (Å²) in [4.78, 5) is 3.94. The van der Waals surface area contributed by atoms with Crippen molar-refractivity contribution >= 4 is 11.6 Å². The van der Waals surface area contributed by atoms with E-state index in [4.69, 9.17) is 17.3 Å². The summed E-state index contributed by atoms with van der Waals surface area (Å²) in [6.07, 6.45) is 4.26. The number of hydrogen-bond donors (Lipinski definition) is 1. The van der Waals surface area contributed by atoms with Crippen LogP contribution in [0.1, 0.15) is 24.9 Å². The second-order valence-electron chi connectivity index (χ2n) is 2.45. The molecule has 11 heavy (non-hydrogen) atoms. The van der Waals surface area contributed by atoms with Crippen molar-refractivity contribution < 1.29 is 0 Å². The van der Waals surface area contributed by atoms with Crippen molar-refractivity contribution in [3.05, 3.63) is 29.0 Å². The van der Waals surface area contributed by atoms with Crippen molar-refractivity contribution in [1.82, 2.24) is 4.98 Å². The van der Waals surface area contributed by atoms with Gasteiger partial charge in [0.2, 0.25) is 0 Å². The van der Waals surface area contributed by atoms with Crippen molar-refractivity contribution in [3.8, 4) is 0 Å². The number of nitrogens with two attached hydrogens (primary N) is 1. The Kier molecular flexibility index (Phi) is 2.85. The molecule has 60 valence electrons. The summed E-state index contributed by atoms with van der Waals surface area (Å²) >= 11 is 5.73. The first-order chi connectivity index (χ1) is 5.24. The molecule has 0 bridgehead atoms. The van der Waals surface area contributed by atoms with Crippen molar-refractivity contribution in [3.63, 3.8) is 0 Å². The summed E-state index contributed by atoms with van der Waals surface area (Å²) in [5.41, 5.74) is 6.76. The van der Waals surface area contributed by atoms with Crippen LogP contribution in [0.25, 0.3) is 0 Å². The standard InChI is InChI=1S/C8H11ClN2/c1-2-8(10)6-3-7(9)5-11-4-6/h3-5,8H,2,10H2,1H3/t8-/m0/s1. The maximum absolute atomic E-state index is 5.76. The molecule has 0 aliphatic carbocycles. The molecule has 0 fully saturated rings. The molecule has 1 atom stereocenters. The molecule has 0 spiro atoms. The zero-order valence-corrected chi connectivity index (χ0v) is 7.17. The first-order valence-electron chi connectivity index (χ1n) is 3.60. The van der Waals surface area contributed by atoms with E-state index >= 15 is 0 Å². The van der Waals surface area contributed by atoms with E-state index in [9.17, 15) is 0 Å². The van der Waals surface area contributed by atoms with E-state index in [1.54, 1.807) is 12.4 Å². The van der Waals surface area contributed by atoms with Crippen LogP contribution in [0, 0.1) is 0 Å². The molecule has 1 aromatic rings. The smallest absolute Gasteiger partial charge is 0.0592 e. The van der Waals surface area contributed by atoms with Crippen molar-refractivity contribution in [2.45, 2.75) is 19.4 Å². The molecule has 0 saturated carbocycles. The van der Waals surface area contributed by atoms with Crippen molar-refractivity contribution in [2.24, 2.45) is 5.73 Å². The summed E-state index contributed by atoms with van der Waals surface area (Å²) in [6, 6.07) is 1.91. The van der Waals surface area contributed by atoms with Crippen molar-refractivity contribution in [2.75, 3.05) is 0 Å². The van der Waals surface area contributed by atoms with Gasteiger partial charge in [0.1, 0.15) is 0 Å². The minimum atomic E-state index is 0.0567. The van der Waals surface area contributed by atoms with E-state index in [1.165, 1.54) is 0 Å². The minimum Gasteiger partial charge on any atom is -0.324 e. The van der Waals surface area contributed by atoms with Crippen LogP contribution in [0.5, 0.6) is 0 Å². The van der Waals surface area contributed by atoms with Crippen LogP contribution in [-0.2, 0) is 0 Å². The Bertz CT molecular complexity index is 237.